The van der Waals surface area contributed by atoms with Crippen molar-refractivity contribution in [1.82, 2.24) is 15.8 Å². The Balaban J connectivity index is 1.56. The number of halogens is 1. The summed E-state index contributed by atoms with van der Waals surface area (Å²) in [6.07, 6.45) is 3.24. The van der Waals surface area contributed by atoms with Crippen LogP contribution >= 0.6 is 11.6 Å². The third-order valence-electron chi connectivity index (χ3n) is 3.38. The molecule has 0 bridgehead atoms. The van der Waals surface area contributed by atoms with Crippen molar-refractivity contribution < 1.29 is 14.3 Å². The van der Waals surface area contributed by atoms with Gasteiger partial charge in [-0.3, -0.25) is 25.4 Å². The van der Waals surface area contributed by atoms with Gasteiger partial charge in [-0.1, -0.05) is 11.6 Å². The second-order valence-electron chi connectivity index (χ2n) is 5.23. The van der Waals surface area contributed by atoms with Crippen molar-refractivity contribution in [1.29, 1.82) is 0 Å². The molecule has 2 aromatic carbocycles. The molecule has 3 rings (SSSR count). The van der Waals surface area contributed by atoms with Crippen molar-refractivity contribution in [2.45, 2.75) is 0 Å². The number of nitrogens with zero attached hydrogens (tertiary/aromatic N) is 1. The third kappa shape index (κ3) is 4.58. The van der Waals surface area contributed by atoms with Crippen LogP contribution in [0.4, 0.5) is 0 Å². The summed E-state index contributed by atoms with van der Waals surface area (Å²) in [5.74, 6) is 0.284. The van der Waals surface area contributed by atoms with E-state index in [-0.39, 0.29) is 0 Å². The smallest absolute Gasteiger partial charge is 0.269 e. The number of amides is 2. The molecule has 2 N–H and O–H groups in total. The number of hydrazine groups is 1. The number of carbonyl (C=O) groups excluding carboxylic acids is 2. The molecule has 0 saturated heterocycles. The van der Waals surface area contributed by atoms with Crippen molar-refractivity contribution >= 4 is 23.4 Å². The van der Waals surface area contributed by atoms with Crippen LogP contribution in [0.3, 0.4) is 0 Å². The van der Waals surface area contributed by atoms with E-state index in [0.29, 0.717) is 27.6 Å². The van der Waals surface area contributed by atoms with Crippen LogP contribution in [0.5, 0.6) is 11.5 Å². The Kier molecular flexibility index (Phi) is 5.46. The monoisotopic (exact) mass is 367 g/mol. The molecule has 6 nitrogen and oxygen atoms in total. The summed E-state index contributed by atoms with van der Waals surface area (Å²) in [7, 11) is 0. The van der Waals surface area contributed by atoms with Crippen LogP contribution < -0.4 is 15.6 Å². The standard InChI is InChI=1S/C19H14ClN3O3/c20-15-7-3-13(4-8-15)18(24)22-23-19(25)14-5-9-16(10-6-14)26-17-2-1-11-21-12-17/h1-12H,(H,22,24)(H,23,25). The lowest BCUT2D eigenvalue weighted by Gasteiger charge is -2.09. The molecule has 3 aromatic rings. The molecular formula is C19H14ClN3O3. The van der Waals surface area contributed by atoms with Crippen molar-refractivity contribution in [3.05, 3.63) is 89.2 Å². The highest BCUT2D eigenvalue weighted by molar-refractivity contribution is 6.30. The zero-order chi connectivity index (χ0) is 18.4. The molecule has 0 atom stereocenters. The molecule has 1 aromatic heterocycles. The van der Waals surface area contributed by atoms with Crippen molar-refractivity contribution in [3.8, 4) is 11.5 Å². The van der Waals surface area contributed by atoms with E-state index in [0.717, 1.165) is 0 Å². The second-order valence-corrected chi connectivity index (χ2v) is 5.67. The number of hydrogen-bond donors (Lipinski definition) is 2. The number of carbonyl (C=O) groups is 2. The Hall–Kier alpha value is -3.38. The van der Waals surface area contributed by atoms with Gasteiger partial charge in [0.25, 0.3) is 11.8 Å². The molecule has 0 saturated carbocycles. The average Bonchev–Trinajstić information content (AvgIpc) is 2.68. The van der Waals surface area contributed by atoms with Gasteiger partial charge >= 0.3 is 0 Å². The number of pyridine rings is 1. The Morgan fingerprint density at radius 3 is 1.92 bits per heavy atom. The molecule has 0 spiro atoms. The molecule has 0 aliphatic heterocycles. The summed E-state index contributed by atoms with van der Waals surface area (Å²) < 4.78 is 5.60. The molecule has 1 heterocycles. The highest BCUT2D eigenvalue weighted by Crippen LogP contribution is 2.20. The van der Waals surface area contributed by atoms with Crippen LogP contribution in [-0.4, -0.2) is 16.8 Å². The van der Waals surface area contributed by atoms with Crippen molar-refractivity contribution in [3.63, 3.8) is 0 Å². The van der Waals surface area contributed by atoms with Crippen LogP contribution in [0.15, 0.2) is 73.1 Å². The fourth-order valence-corrected chi connectivity index (χ4v) is 2.20. The van der Waals surface area contributed by atoms with Gasteiger partial charge < -0.3 is 4.74 Å². The summed E-state index contributed by atoms with van der Waals surface area (Å²) in [4.78, 5) is 28.0. The predicted octanol–water partition coefficient (Wildman–Crippen LogP) is 3.60. The zero-order valence-electron chi connectivity index (χ0n) is 13.5. The number of rotatable bonds is 4. The lowest BCUT2D eigenvalue weighted by Crippen LogP contribution is -2.41. The van der Waals surface area contributed by atoms with Crippen LogP contribution in [0.25, 0.3) is 0 Å². The van der Waals surface area contributed by atoms with E-state index in [1.165, 1.54) is 0 Å². The summed E-state index contributed by atoms with van der Waals surface area (Å²) >= 11 is 5.77. The summed E-state index contributed by atoms with van der Waals surface area (Å²) in [6.45, 7) is 0. The topological polar surface area (TPSA) is 80.3 Å². The lowest BCUT2D eigenvalue weighted by molar-refractivity contribution is 0.0846. The van der Waals surface area contributed by atoms with Gasteiger partial charge in [0.15, 0.2) is 0 Å². The van der Waals surface area contributed by atoms with Gasteiger partial charge in [-0.25, -0.2) is 0 Å². The van der Waals surface area contributed by atoms with Crippen molar-refractivity contribution in [2.24, 2.45) is 0 Å². The maximum Gasteiger partial charge on any atom is 0.269 e. The Morgan fingerprint density at radius 1 is 0.808 bits per heavy atom. The lowest BCUT2D eigenvalue weighted by atomic mass is 10.2. The summed E-state index contributed by atoms with van der Waals surface area (Å²) in [6, 6.07) is 16.4. The van der Waals surface area contributed by atoms with E-state index in [4.69, 9.17) is 16.3 Å². The Bertz CT molecular complexity index is 898. The molecule has 0 radical (unpaired) electrons. The molecule has 0 unspecified atom stereocenters. The highest BCUT2D eigenvalue weighted by atomic mass is 35.5. The van der Waals surface area contributed by atoms with E-state index in [9.17, 15) is 9.59 Å². The van der Waals surface area contributed by atoms with Crippen molar-refractivity contribution in [2.75, 3.05) is 0 Å². The molecule has 0 fully saturated rings. The first kappa shape index (κ1) is 17.4. The molecule has 2 amide bonds. The van der Waals surface area contributed by atoms with Crippen LogP contribution in [0, 0.1) is 0 Å². The average molecular weight is 368 g/mol. The highest BCUT2D eigenvalue weighted by Gasteiger charge is 2.09. The predicted molar refractivity (Wildman–Crippen MR) is 97.1 cm³/mol. The van der Waals surface area contributed by atoms with Crippen LogP contribution in [0.2, 0.25) is 5.02 Å². The van der Waals surface area contributed by atoms with E-state index in [2.05, 4.69) is 15.8 Å². The first-order chi connectivity index (χ1) is 12.6. The van der Waals surface area contributed by atoms with Gasteiger partial charge in [0.2, 0.25) is 0 Å². The second kappa shape index (κ2) is 8.13. The SMILES string of the molecule is O=C(NNC(=O)c1ccc(Oc2cccnc2)cc1)c1ccc(Cl)cc1. The fourth-order valence-electron chi connectivity index (χ4n) is 2.08. The van der Waals surface area contributed by atoms with E-state index < -0.39 is 11.8 Å². The van der Waals surface area contributed by atoms with Gasteiger partial charge in [-0.05, 0) is 60.7 Å². The number of benzene rings is 2. The van der Waals surface area contributed by atoms with E-state index >= 15 is 0 Å². The molecule has 0 aliphatic carbocycles. The van der Waals surface area contributed by atoms with Crippen LogP contribution in [-0.2, 0) is 0 Å². The largest absolute Gasteiger partial charge is 0.456 e. The first-order valence-corrected chi connectivity index (χ1v) is 8.04. The minimum Gasteiger partial charge on any atom is -0.456 e. The first-order valence-electron chi connectivity index (χ1n) is 7.66. The van der Waals surface area contributed by atoms with Crippen LogP contribution in [0.1, 0.15) is 20.7 Å². The molecule has 7 heteroatoms. The third-order valence-corrected chi connectivity index (χ3v) is 3.63. The number of aromatic nitrogens is 1. The minimum atomic E-state index is -0.444. The molecule has 26 heavy (non-hydrogen) atoms. The molecule has 0 aliphatic rings. The number of hydrogen-bond acceptors (Lipinski definition) is 4. The zero-order valence-corrected chi connectivity index (χ0v) is 14.2. The van der Waals surface area contributed by atoms with Gasteiger partial charge in [0.05, 0.1) is 6.20 Å². The minimum absolute atomic E-state index is 0.375. The normalized spacial score (nSPS) is 10.0. The Morgan fingerprint density at radius 2 is 1.38 bits per heavy atom. The van der Waals surface area contributed by atoms with E-state index in [1.54, 1.807) is 73.1 Å². The van der Waals surface area contributed by atoms with Gasteiger partial charge in [-0.2, -0.15) is 0 Å². The number of nitrogens with one attached hydrogen (secondary N) is 2. The van der Waals surface area contributed by atoms with Gasteiger partial charge in [0.1, 0.15) is 11.5 Å². The Labute approximate surface area is 154 Å². The quantitative estimate of drug-likeness (QED) is 0.690. The molecule has 130 valence electrons. The maximum atomic E-state index is 12.1. The summed E-state index contributed by atoms with van der Waals surface area (Å²) in [5.41, 5.74) is 5.47. The van der Waals surface area contributed by atoms with Gasteiger partial charge in [-0.15, -0.1) is 0 Å². The summed E-state index contributed by atoms with van der Waals surface area (Å²) in [5, 5.41) is 0.527. The maximum absolute atomic E-state index is 12.1. The number of ether oxygens (including phenoxy) is 1. The van der Waals surface area contributed by atoms with E-state index in [1.807, 2.05) is 0 Å². The fraction of sp³-hybridized carbons (Fsp3) is 0. The van der Waals surface area contributed by atoms with Gasteiger partial charge in [0, 0.05) is 22.3 Å². The molecular weight excluding hydrogens is 354 g/mol.